The smallest absolute Gasteiger partial charge is 0.242 e. The van der Waals surface area contributed by atoms with Gasteiger partial charge in [0.05, 0.1) is 0 Å². The Kier molecular flexibility index (Phi) is 4.64. The van der Waals surface area contributed by atoms with Crippen molar-refractivity contribution >= 4 is 27.5 Å². The van der Waals surface area contributed by atoms with Gasteiger partial charge in [-0.1, -0.05) is 28.8 Å². The maximum absolute atomic E-state index is 12.0. The monoisotopic (exact) mass is 310 g/mol. The molecule has 0 spiro atoms. The van der Waals surface area contributed by atoms with Crippen molar-refractivity contribution in [3.63, 3.8) is 0 Å². The average Bonchev–Trinajstić information content (AvgIpc) is 2.85. The zero-order valence-corrected chi connectivity index (χ0v) is 12.2. The molecule has 0 aromatic heterocycles. The fraction of sp³-hybridized carbons (Fsp3) is 0.500. The van der Waals surface area contributed by atoms with Gasteiger partial charge < -0.3 is 10.6 Å². The molecule has 1 aliphatic rings. The van der Waals surface area contributed by atoms with Crippen LogP contribution in [-0.4, -0.2) is 18.0 Å². The second-order valence-electron chi connectivity index (χ2n) is 4.86. The molecule has 0 aliphatic heterocycles. The SMILES string of the molecule is C[C@H](Nc1ccc(Br)cc1)C(=O)NC1CCCC1. The summed E-state index contributed by atoms with van der Waals surface area (Å²) in [5, 5.41) is 6.31. The van der Waals surface area contributed by atoms with E-state index in [0.29, 0.717) is 6.04 Å². The normalized spacial score (nSPS) is 17.4. The molecule has 18 heavy (non-hydrogen) atoms. The number of anilines is 1. The number of rotatable bonds is 4. The van der Waals surface area contributed by atoms with Crippen molar-refractivity contribution in [1.29, 1.82) is 0 Å². The predicted octanol–water partition coefficient (Wildman–Crippen LogP) is 3.31. The van der Waals surface area contributed by atoms with Crippen LogP contribution < -0.4 is 10.6 Å². The molecule has 1 aliphatic carbocycles. The summed E-state index contributed by atoms with van der Waals surface area (Å²) in [6, 6.07) is 8.03. The van der Waals surface area contributed by atoms with Gasteiger partial charge in [0, 0.05) is 16.2 Å². The van der Waals surface area contributed by atoms with Crippen LogP contribution in [0.25, 0.3) is 0 Å². The van der Waals surface area contributed by atoms with Gasteiger partial charge >= 0.3 is 0 Å². The van der Waals surface area contributed by atoms with E-state index in [-0.39, 0.29) is 11.9 Å². The standard InChI is InChI=1S/C14H19BrN2O/c1-10(14(18)17-12-4-2-3-5-12)16-13-8-6-11(15)7-9-13/h6-10,12,16H,2-5H2,1H3,(H,17,18)/t10-/m0/s1. The van der Waals surface area contributed by atoms with Gasteiger partial charge in [0.25, 0.3) is 0 Å². The van der Waals surface area contributed by atoms with Crippen LogP contribution in [0, 0.1) is 0 Å². The van der Waals surface area contributed by atoms with Gasteiger partial charge in [-0.2, -0.15) is 0 Å². The second kappa shape index (κ2) is 6.23. The molecule has 1 atom stereocenters. The summed E-state index contributed by atoms with van der Waals surface area (Å²) in [7, 11) is 0. The molecule has 4 heteroatoms. The number of halogens is 1. The number of hydrogen-bond donors (Lipinski definition) is 2. The maximum Gasteiger partial charge on any atom is 0.242 e. The lowest BCUT2D eigenvalue weighted by molar-refractivity contribution is -0.122. The molecule has 0 unspecified atom stereocenters. The minimum atomic E-state index is -0.202. The van der Waals surface area contributed by atoms with Crippen LogP contribution in [0.4, 0.5) is 5.69 Å². The molecule has 1 aromatic rings. The number of benzene rings is 1. The molecule has 0 heterocycles. The topological polar surface area (TPSA) is 41.1 Å². The van der Waals surface area contributed by atoms with Crippen molar-refractivity contribution in [3.05, 3.63) is 28.7 Å². The molecule has 0 radical (unpaired) electrons. The Hall–Kier alpha value is -1.03. The van der Waals surface area contributed by atoms with Crippen molar-refractivity contribution in [3.8, 4) is 0 Å². The van der Waals surface area contributed by atoms with Crippen molar-refractivity contribution in [1.82, 2.24) is 5.32 Å². The van der Waals surface area contributed by atoms with E-state index < -0.39 is 0 Å². The van der Waals surface area contributed by atoms with Crippen molar-refractivity contribution in [2.24, 2.45) is 0 Å². The first-order valence-corrected chi connectivity index (χ1v) is 7.27. The molecule has 1 saturated carbocycles. The summed E-state index contributed by atoms with van der Waals surface area (Å²) in [5.41, 5.74) is 0.965. The zero-order chi connectivity index (χ0) is 13.0. The largest absolute Gasteiger partial charge is 0.374 e. The van der Waals surface area contributed by atoms with E-state index in [0.717, 1.165) is 23.0 Å². The van der Waals surface area contributed by atoms with Crippen LogP contribution in [-0.2, 0) is 4.79 Å². The summed E-state index contributed by atoms with van der Waals surface area (Å²) < 4.78 is 1.04. The van der Waals surface area contributed by atoms with Crippen LogP contribution in [0.15, 0.2) is 28.7 Å². The Morgan fingerprint density at radius 1 is 1.28 bits per heavy atom. The van der Waals surface area contributed by atoms with Crippen LogP contribution in [0.1, 0.15) is 32.6 Å². The first-order chi connectivity index (χ1) is 8.65. The second-order valence-corrected chi connectivity index (χ2v) is 5.78. The minimum absolute atomic E-state index is 0.0878. The van der Waals surface area contributed by atoms with Crippen LogP contribution >= 0.6 is 15.9 Å². The number of carbonyl (C=O) groups is 1. The molecule has 3 nitrogen and oxygen atoms in total. The van der Waals surface area contributed by atoms with Gasteiger partial charge in [-0.15, -0.1) is 0 Å². The maximum atomic E-state index is 12.0. The summed E-state index contributed by atoms with van der Waals surface area (Å²) in [6.45, 7) is 1.90. The van der Waals surface area contributed by atoms with Gasteiger partial charge in [-0.05, 0) is 44.0 Å². The van der Waals surface area contributed by atoms with Crippen LogP contribution in [0.3, 0.4) is 0 Å². The van der Waals surface area contributed by atoms with Crippen LogP contribution in [0.5, 0.6) is 0 Å². The van der Waals surface area contributed by atoms with Crippen LogP contribution in [0.2, 0.25) is 0 Å². The van der Waals surface area contributed by atoms with Gasteiger partial charge in [-0.25, -0.2) is 0 Å². The van der Waals surface area contributed by atoms with E-state index >= 15 is 0 Å². The Labute approximate surface area is 116 Å². The number of carbonyl (C=O) groups excluding carboxylic acids is 1. The molecular weight excluding hydrogens is 292 g/mol. The van der Waals surface area contributed by atoms with E-state index in [2.05, 4.69) is 26.6 Å². The highest BCUT2D eigenvalue weighted by atomic mass is 79.9. The minimum Gasteiger partial charge on any atom is -0.374 e. The lowest BCUT2D eigenvalue weighted by atomic mass is 10.2. The highest BCUT2D eigenvalue weighted by Crippen LogP contribution is 2.18. The van der Waals surface area contributed by atoms with E-state index in [1.54, 1.807) is 0 Å². The summed E-state index contributed by atoms with van der Waals surface area (Å²) >= 11 is 3.39. The fourth-order valence-electron chi connectivity index (χ4n) is 2.26. The first kappa shape index (κ1) is 13.4. The highest BCUT2D eigenvalue weighted by Gasteiger charge is 2.20. The molecule has 1 aromatic carbocycles. The lowest BCUT2D eigenvalue weighted by Crippen LogP contribution is -2.42. The van der Waals surface area contributed by atoms with Gasteiger partial charge in [0.2, 0.25) is 5.91 Å². The van der Waals surface area contributed by atoms with Crippen molar-refractivity contribution < 1.29 is 4.79 Å². The third-order valence-electron chi connectivity index (χ3n) is 3.32. The molecule has 2 N–H and O–H groups in total. The molecule has 1 amide bonds. The van der Waals surface area contributed by atoms with Gasteiger partial charge in [0.15, 0.2) is 0 Å². The Balaban J connectivity index is 1.84. The Morgan fingerprint density at radius 2 is 1.89 bits per heavy atom. The zero-order valence-electron chi connectivity index (χ0n) is 10.6. The molecule has 0 bridgehead atoms. The molecular formula is C14H19BrN2O. The predicted molar refractivity (Wildman–Crippen MR) is 77.6 cm³/mol. The molecule has 2 rings (SSSR count). The number of nitrogens with one attached hydrogen (secondary N) is 2. The summed E-state index contributed by atoms with van der Waals surface area (Å²) in [6.07, 6.45) is 4.71. The Morgan fingerprint density at radius 3 is 2.50 bits per heavy atom. The fourth-order valence-corrected chi connectivity index (χ4v) is 2.52. The van der Waals surface area contributed by atoms with Gasteiger partial charge in [0.1, 0.15) is 6.04 Å². The Bertz CT molecular complexity index is 399. The average molecular weight is 311 g/mol. The third kappa shape index (κ3) is 3.73. The first-order valence-electron chi connectivity index (χ1n) is 6.47. The third-order valence-corrected chi connectivity index (χ3v) is 3.85. The summed E-state index contributed by atoms with van der Waals surface area (Å²) in [4.78, 5) is 12.0. The highest BCUT2D eigenvalue weighted by molar-refractivity contribution is 9.10. The molecule has 1 fully saturated rings. The molecule has 0 saturated heterocycles. The lowest BCUT2D eigenvalue weighted by Gasteiger charge is -2.18. The van der Waals surface area contributed by atoms with Crippen molar-refractivity contribution in [2.75, 3.05) is 5.32 Å². The molecule has 98 valence electrons. The van der Waals surface area contributed by atoms with Crippen molar-refractivity contribution in [2.45, 2.75) is 44.7 Å². The van der Waals surface area contributed by atoms with Gasteiger partial charge in [-0.3, -0.25) is 4.79 Å². The van der Waals surface area contributed by atoms with E-state index in [1.807, 2.05) is 31.2 Å². The quantitative estimate of drug-likeness (QED) is 0.896. The summed E-state index contributed by atoms with van der Waals surface area (Å²) in [5.74, 6) is 0.0878. The number of hydrogen-bond acceptors (Lipinski definition) is 2. The number of amides is 1. The van der Waals surface area contributed by atoms with E-state index in [1.165, 1.54) is 12.8 Å². The van der Waals surface area contributed by atoms with E-state index in [9.17, 15) is 4.79 Å². The van der Waals surface area contributed by atoms with E-state index in [4.69, 9.17) is 0 Å².